The van der Waals surface area contributed by atoms with Crippen LogP contribution in [0.15, 0.2) is 6.07 Å². The molecule has 1 aromatic rings. The van der Waals surface area contributed by atoms with Crippen LogP contribution in [0.3, 0.4) is 0 Å². The molecule has 0 amide bonds. The van der Waals surface area contributed by atoms with Crippen LogP contribution in [0.2, 0.25) is 0 Å². The van der Waals surface area contributed by atoms with E-state index in [4.69, 9.17) is 0 Å². The molecule has 1 aromatic heterocycles. The van der Waals surface area contributed by atoms with E-state index in [9.17, 15) is 9.90 Å². The predicted octanol–water partition coefficient (Wildman–Crippen LogP) is 1.90. The fourth-order valence-corrected chi connectivity index (χ4v) is 3.06. The molecule has 106 valence electrons. The molecule has 0 aromatic carbocycles. The number of piperidine rings is 1. The molecular formula is C14H23N3O2. The van der Waals surface area contributed by atoms with Crippen LogP contribution < -0.4 is 0 Å². The van der Waals surface area contributed by atoms with Crippen molar-refractivity contribution in [3.63, 3.8) is 0 Å². The van der Waals surface area contributed by atoms with Crippen molar-refractivity contribution in [3.8, 4) is 0 Å². The first-order chi connectivity index (χ1) is 9.02. The predicted molar refractivity (Wildman–Crippen MR) is 72.9 cm³/mol. The van der Waals surface area contributed by atoms with Gasteiger partial charge in [-0.25, -0.2) is 0 Å². The summed E-state index contributed by atoms with van der Waals surface area (Å²) in [6.07, 6.45) is 2.07. The maximum Gasteiger partial charge on any atom is 0.321 e. The summed E-state index contributed by atoms with van der Waals surface area (Å²) in [4.78, 5) is 13.5. The number of carbonyl (C=O) groups is 1. The zero-order chi connectivity index (χ0) is 14.0. The first kappa shape index (κ1) is 14.1. The number of hydrogen-bond donors (Lipinski definition) is 1. The molecule has 2 rings (SSSR count). The minimum Gasteiger partial charge on any atom is -0.480 e. The highest BCUT2D eigenvalue weighted by Gasteiger charge is 2.34. The van der Waals surface area contributed by atoms with Gasteiger partial charge in [-0.2, -0.15) is 5.10 Å². The molecule has 1 aliphatic heterocycles. The number of aryl methyl sites for hydroxylation is 2. The van der Waals surface area contributed by atoms with Gasteiger partial charge in [-0.1, -0.05) is 6.92 Å². The minimum absolute atomic E-state index is 0.213. The Balaban J connectivity index is 2.17. The highest BCUT2D eigenvalue weighted by Crippen LogP contribution is 2.25. The Morgan fingerprint density at radius 1 is 1.58 bits per heavy atom. The van der Waals surface area contributed by atoms with Gasteiger partial charge in [0.15, 0.2) is 0 Å². The largest absolute Gasteiger partial charge is 0.480 e. The SMILES string of the molecule is CCn1nc(C)cc1CN1CCCC(C)C1C(=O)O. The third-order valence-corrected chi connectivity index (χ3v) is 3.94. The summed E-state index contributed by atoms with van der Waals surface area (Å²) in [7, 11) is 0. The van der Waals surface area contributed by atoms with Crippen molar-refractivity contribution in [2.45, 2.75) is 52.7 Å². The summed E-state index contributed by atoms with van der Waals surface area (Å²) < 4.78 is 1.97. The first-order valence-corrected chi connectivity index (χ1v) is 7.03. The molecule has 19 heavy (non-hydrogen) atoms. The molecule has 0 aliphatic carbocycles. The molecule has 1 fully saturated rings. The Hall–Kier alpha value is -1.36. The summed E-state index contributed by atoms with van der Waals surface area (Å²) in [5.74, 6) is -0.489. The molecule has 5 heteroatoms. The highest BCUT2D eigenvalue weighted by atomic mass is 16.4. The van der Waals surface area contributed by atoms with Crippen molar-refractivity contribution in [1.82, 2.24) is 14.7 Å². The van der Waals surface area contributed by atoms with E-state index in [1.165, 1.54) is 0 Å². The molecular weight excluding hydrogens is 242 g/mol. The van der Waals surface area contributed by atoms with Gasteiger partial charge in [-0.05, 0) is 45.2 Å². The van der Waals surface area contributed by atoms with E-state index in [1.54, 1.807) is 0 Å². The normalized spacial score (nSPS) is 24.6. The number of nitrogens with zero attached hydrogens (tertiary/aromatic N) is 3. The topological polar surface area (TPSA) is 58.4 Å². The van der Waals surface area contributed by atoms with E-state index in [2.05, 4.69) is 23.0 Å². The molecule has 2 atom stereocenters. The van der Waals surface area contributed by atoms with Crippen LogP contribution >= 0.6 is 0 Å². The quantitative estimate of drug-likeness (QED) is 0.903. The minimum atomic E-state index is -0.702. The fourth-order valence-electron chi connectivity index (χ4n) is 3.06. The second kappa shape index (κ2) is 5.74. The van der Waals surface area contributed by atoms with Crippen LogP contribution in [0.4, 0.5) is 0 Å². The monoisotopic (exact) mass is 265 g/mol. The van der Waals surface area contributed by atoms with E-state index < -0.39 is 5.97 Å². The molecule has 2 heterocycles. The van der Waals surface area contributed by atoms with Gasteiger partial charge < -0.3 is 5.11 Å². The van der Waals surface area contributed by atoms with Crippen LogP contribution in [0, 0.1) is 12.8 Å². The molecule has 0 spiro atoms. The van der Waals surface area contributed by atoms with Crippen LogP contribution in [-0.2, 0) is 17.9 Å². The van der Waals surface area contributed by atoms with Crippen molar-refractivity contribution in [2.75, 3.05) is 6.54 Å². The lowest BCUT2D eigenvalue weighted by molar-refractivity contribution is -0.147. The van der Waals surface area contributed by atoms with Gasteiger partial charge in [-0.15, -0.1) is 0 Å². The summed E-state index contributed by atoms with van der Waals surface area (Å²) in [6, 6.07) is 1.69. The molecule has 1 saturated heterocycles. The molecule has 1 aliphatic rings. The summed E-state index contributed by atoms with van der Waals surface area (Å²) in [5, 5.41) is 13.9. The Morgan fingerprint density at radius 3 is 2.95 bits per heavy atom. The molecule has 5 nitrogen and oxygen atoms in total. The molecule has 2 unspecified atom stereocenters. The molecule has 0 saturated carbocycles. The molecule has 0 radical (unpaired) electrons. The van der Waals surface area contributed by atoms with Gasteiger partial charge >= 0.3 is 5.97 Å². The summed E-state index contributed by atoms with van der Waals surface area (Å²) in [5.41, 5.74) is 2.11. The summed E-state index contributed by atoms with van der Waals surface area (Å²) in [6.45, 7) is 8.43. The Kier molecular flexibility index (Phi) is 4.24. The zero-order valence-corrected chi connectivity index (χ0v) is 12.0. The fraction of sp³-hybridized carbons (Fsp3) is 0.714. The highest BCUT2D eigenvalue weighted by molar-refractivity contribution is 5.74. The van der Waals surface area contributed by atoms with Gasteiger partial charge in [-0.3, -0.25) is 14.4 Å². The third-order valence-electron chi connectivity index (χ3n) is 3.94. The number of aliphatic carboxylic acids is 1. The maximum atomic E-state index is 11.5. The van der Waals surface area contributed by atoms with Gasteiger partial charge in [0, 0.05) is 13.1 Å². The van der Waals surface area contributed by atoms with Crippen molar-refractivity contribution in [1.29, 1.82) is 0 Å². The van der Waals surface area contributed by atoms with Crippen molar-refractivity contribution in [3.05, 3.63) is 17.5 Å². The van der Waals surface area contributed by atoms with E-state index >= 15 is 0 Å². The summed E-state index contributed by atoms with van der Waals surface area (Å²) >= 11 is 0. The van der Waals surface area contributed by atoms with Gasteiger partial charge in [0.1, 0.15) is 6.04 Å². The average Bonchev–Trinajstić information content (AvgIpc) is 2.69. The van der Waals surface area contributed by atoms with E-state index in [0.29, 0.717) is 6.54 Å². The standard InChI is InChI=1S/C14H23N3O2/c1-4-17-12(8-11(3)15-17)9-16-7-5-6-10(2)13(16)14(18)19/h8,10,13H,4-7,9H2,1-3H3,(H,18,19). The lowest BCUT2D eigenvalue weighted by Gasteiger charge is -2.37. The number of rotatable bonds is 4. The van der Waals surface area contributed by atoms with Gasteiger partial charge in [0.25, 0.3) is 0 Å². The molecule has 1 N–H and O–H groups in total. The van der Waals surface area contributed by atoms with E-state index in [0.717, 1.165) is 37.3 Å². The second-order valence-electron chi connectivity index (χ2n) is 5.47. The van der Waals surface area contributed by atoms with Gasteiger partial charge in [0.05, 0.1) is 11.4 Å². The Bertz CT molecular complexity index is 456. The lowest BCUT2D eigenvalue weighted by atomic mass is 9.90. The number of hydrogen-bond acceptors (Lipinski definition) is 3. The number of carboxylic acid groups (broad SMARTS) is 1. The third kappa shape index (κ3) is 2.97. The van der Waals surface area contributed by atoms with E-state index in [1.807, 2.05) is 18.5 Å². The lowest BCUT2D eigenvalue weighted by Crippen LogP contribution is -2.48. The van der Waals surface area contributed by atoms with Crippen LogP contribution in [0.5, 0.6) is 0 Å². The molecule has 0 bridgehead atoms. The van der Waals surface area contributed by atoms with Gasteiger partial charge in [0.2, 0.25) is 0 Å². The Morgan fingerprint density at radius 2 is 2.32 bits per heavy atom. The van der Waals surface area contributed by atoms with Crippen LogP contribution in [-0.4, -0.2) is 38.3 Å². The number of carboxylic acids is 1. The Labute approximate surface area is 114 Å². The van der Waals surface area contributed by atoms with E-state index in [-0.39, 0.29) is 12.0 Å². The van der Waals surface area contributed by atoms with Crippen molar-refractivity contribution >= 4 is 5.97 Å². The van der Waals surface area contributed by atoms with Crippen molar-refractivity contribution in [2.24, 2.45) is 5.92 Å². The average molecular weight is 265 g/mol. The van der Waals surface area contributed by atoms with Crippen LogP contribution in [0.25, 0.3) is 0 Å². The smallest absolute Gasteiger partial charge is 0.321 e. The van der Waals surface area contributed by atoms with Crippen LogP contribution in [0.1, 0.15) is 38.1 Å². The zero-order valence-electron chi connectivity index (χ0n) is 12.0. The number of likely N-dealkylation sites (tertiary alicyclic amines) is 1. The first-order valence-electron chi connectivity index (χ1n) is 7.03. The maximum absolute atomic E-state index is 11.5. The van der Waals surface area contributed by atoms with Crippen molar-refractivity contribution < 1.29 is 9.90 Å². The number of aromatic nitrogens is 2. The second-order valence-corrected chi connectivity index (χ2v) is 5.47.